The van der Waals surface area contributed by atoms with E-state index >= 15 is 0 Å². The van der Waals surface area contributed by atoms with Gasteiger partial charge in [0.05, 0.1) is 5.39 Å². The number of rotatable bonds is 2. The van der Waals surface area contributed by atoms with E-state index in [4.69, 9.17) is 5.73 Å². The summed E-state index contributed by atoms with van der Waals surface area (Å²) in [5.74, 6) is 0.555. The zero-order valence-electron chi connectivity index (χ0n) is 7.57. The Bertz CT molecular complexity index is 418. The Morgan fingerprint density at radius 2 is 2.31 bits per heavy atom. The van der Waals surface area contributed by atoms with E-state index in [1.54, 1.807) is 0 Å². The van der Waals surface area contributed by atoms with E-state index in [2.05, 4.69) is 21.5 Å². The van der Waals surface area contributed by atoms with E-state index in [0.717, 1.165) is 24.0 Å². The molecule has 0 spiro atoms. The Morgan fingerprint density at radius 3 is 3.08 bits per heavy atom. The molecule has 0 saturated heterocycles. The summed E-state index contributed by atoms with van der Waals surface area (Å²) in [6, 6.07) is 1.96. The quantitative estimate of drug-likeness (QED) is 0.752. The van der Waals surface area contributed by atoms with Crippen LogP contribution in [0.5, 0.6) is 0 Å². The third kappa shape index (κ3) is 1.24. The maximum Gasteiger partial charge on any atom is 0.145 e. The van der Waals surface area contributed by atoms with Crippen LogP contribution in [-0.4, -0.2) is 14.5 Å². The average Bonchev–Trinajstić information content (AvgIpc) is 2.51. The smallest absolute Gasteiger partial charge is 0.145 e. The summed E-state index contributed by atoms with van der Waals surface area (Å²) in [5.41, 5.74) is 6.63. The fourth-order valence-corrected chi connectivity index (χ4v) is 1.44. The van der Waals surface area contributed by atoms with Gasteiger partial charge in [-0.05, 0) is 12.5 Å². The average molecular weight is 176 g/mol. The van der Waals surface area contributed by atoms with Gasteiger partial charge in [0.1, 0.15) is 17.8 Å². The monoisotopic (exact) mass is 176 g/mol. The summed E-state index contributed by atoms with van der Waals surface area (Å²) in [6.07, 6.45) is 4.59. The normalized spacial score (nSPS) is 10.8. The van der Waals surface area contributed by atoms with E-state index in [1.807, 2.05) is 12.3 Å². The topological polar surface area (TPSA) is 56.7 Å². The van der Waals surface area contributed by atoms with Crippen LogP contribution in [0.1, 0.15) is 13.3 Å². The summed E-state index contributed by atoms with van der Waals surface area (Å²) >= 11 is 0. The summed E-state index contributed by atoms with van der Waals surface area (Å²) in [6.45, 7) is 3.11. The standard InChI is InChI=1S/C9H12N4/c1-2-4-13-5-3-7-8(10)11-6-12-9(7)13/h3,5-6H,2,4H2,1H3,(H2,10,11,12). The molecule has 0 unspecified atom stereocenters. The second kappa shape index (κ2) is 3.05. The second-order valence-corrected chi connectivity index (χ2v) is 3.01. The summed E-state index contributed by atoms with van der Waals surface area (Å²) in [5, 5.41) is 0.941. The predicted octanol–water partition coefficient (Wildman–Crippen LogP) is 1.42. The number of aromatic nitrogens is 3. The number of hydrogen-bond acceptors (Lipinski definition) is 3. The third-order valence-corrected chi connectivity index (χ3v) is 2.05. The van der Waals surface area contributed by atoms with Gasteiger partial charge in [-0.1, -0.05) is 6.92 Å². The Hall–Kier alpha value is -1.58. The molecule has 0 aliphatic carbocycles. The molecule has 0 aliphatic rings. The lowest BCUT2D eigenvalue weighted by Crippen LogP contribution is -1.98. The highest BCUT2D eigenvalue weighted by Crippen LogP contribution is 2.17. The number of fused-ring (bicyclic) bond motifs is 1. The van der Waals surface area contributed by atoms with Crippen LogP contribution in [0.25, 0.3) is 11.0 Å². The van der Waals surface area contributed by atoms with Gasteiger partial charge in [-0.15, -0.1) is 0 Å². The molecule has 2 rings (SSSR count). The molecular weight excluding hydrogens is 164 g/mol. The van der Waals surface area contributed by atoms with Gasteiger partial charge in [-0.25, -0.2) is 9.97 Å². The minimum absolute atomic E-state index is 0.555. The van der Waals surface area contributed by atoms with E-state index in [9.17, 15) is 0 Å². The molecule has 0 atom stereocenters. The molecule has 4 nitrogen and oxygen atoms in total. The van der Waals surface area contributed by atoms with E-state index < -0.39 is 0 Å². The van der Waals surface area contributed by atoms with Crippen LogP contribution in [0, 0.1) is 0 Å². The number of nitrogens with two attached hydrogens (primary N) is 1. The van der Waals surface area contributed by atoms with Crippen LogP contribution in [0.15, 0.2) is 18.6 Å². The zero-order chi connectivity index (χ0) is 9.26. The van der Waals surface area contributed by atoms with Crippen molar-refractivity contribution in [3.63, 3.8) is 0 Å². The van der Waals surface area contributed by atoms with Gasteiger partial charge < -0.3 is 10.3 Å². The molecule has 0 amide bonds. The summed E-state index contributed by atoms with van der Waals surface area (Å²) < 4.78 is 2.09. The highest BCUT2D eigenvalue weighted by atomic mass is 15.1. The number of aryl methyl sites for hydroxylation is 1. The molecular formula is C9H12N4. The fourth-order valence-electron chi connectivity index (χ4n) is 1.44. The van der Waals surface area contributed by atoms with Gasteiger partial charge in [-0.3, -0.25) is 0 Å². The molecule has 0 fully saturated rings. The number of nitrogen functional groups attached to an aromatic ring is 1. The van der Waals surface area contributed by atoms with Gasteiger partial charge in [0, 0.05) is 12.7 Å². The Balaban J connectivity index is 2.61. The zero-order valence-corrected chi connectivity index (χ0v) is 7.57. The molecule has 0 aliphatic heterocycles. The van der Waals surface area contributed by atoms with Gasteiger partial charge in [0.15, 0.2) is 0 Å². The summed E-state index contributed by atoms with van der Waals surface area (Å²) in [7, 11) is 0. The lowest BCUT2D eigenvalue weighted by atomic mass is 10.4. The Kier molecular flexibility index (Phi) is 1.88. The lowest BCUT2D eigenvalue weighted by Gasteiger charge is -2.01. The van der Waals surface area contributed by atoms with Crippen LogP contribution in [0.4, 0.5) is 5.82 Å². The maximum absolute atomic E-state index is 5.70. The largest absolute Gasteiger partial charge is 0.383 e. The van der Waals surface area contributed by atoms with Crippen LogP contribution in [0.3, 0.4) is 0 Å². The molecule has 2 N–H and O–H groups in total. The Labute approximate surface area is 76.4 Å². The van der Waals surface area contributed by atoms with Crippen molar-refractivity contribution in [3.8, 4) is 0 Å². The molecule has 4 heteroatoms. The van der Waals surface area contributed by atoms with Gasteiger partial charge in [-0.2, -0.15) is 0 Å². The molecule has 2 aromatic heterocycles. The molecule has 68 valence electrons. The SMILES string of the molecule is CCCn1ccc2c(N)ncnc21. The van der Waals surface area contributed by atoms with Gasteiger partial charge in [0.25, 0.3) is 0 Å². The first-order chi connectivity index (χ1) is 6.33. The third-order valence-electron chi connectivity index (χ3n) is 2.05. The molecule has 0 bridgehead atoms. The minimum Gasteiger partial charge on any atom is -0.383 e. The van der Waals surface area contributed by atoms with Crippen molar-refractivity contribution in [3.05, 3.63) is 18.6 Å². The predicted molar refractivity (Wildman–Crippen MR) is 52.2 cm³/mol. The van der Waals surface area contributed by atoms with E-state index in [1.165, 1.54) is 6.33 Å². The molecule has 2 aromatic rings. The number of anilines is 1. The van der Waals surface area contributed by atoms with Crippen molar-refractivity contribution in [1.82, 2.24) is 14.5 Å². The second-order valence-electron chi connectivity index (χ2n) is 3.01. The van der Waals surface area contributed by atoms with Crippen molar-refractivity contribution >= 4 is 16.9 Å². The molecule has 0 saturated carbocycles. The van der Waals surface area contributed by atoms with Crippen molar-refractivity contribution in [2.45, 2.75) is 19.9 Å². The van der Waals surface area contributed by atoms with Gasteiger partial charge >= 0.3 is 0 Å². The minimum atomic E-state index is 0.555. The van der Waals surface area contributed by atoms with Crippen LogP contribution < -0.4 is 5.73 Å². The van der Waals surface area contributed by atoms with E-state index in [0.29, 0.717) is 5.82 Å². The fraction of sp³-hybridized carbons (Fsp3) is 0.333. The van der Waals surface area contributed by atoms with Gasteiger partial charge in [0.2, 0.25) is 0 Å². The Morgan fingerprint density at radius 1 is 1.46 bits per heavy atom. The first-order valence-electron chi connectivity index (χ1n) is 4.38. The molecule has 13 heavy (non-hydrogen) atoms. The van der Waals surface area contributed by atoms with Crippen molar-refractivity contribution in [1.29, 1.82) is 0 Å². The lowest BCUT2D eigenvalue weighted by molar-refractivity contribution is 0.697. The molecule has 0 radical (unpaired) electrons. The van der Waals surface area contributed by atoms with E-state index in [-0.39, 0.29) is 0 Å². The first-order valence-corrected chi connectivity index (χ1v) is 4.38. The molecule has 2 heterocycles. The maximum atomic E-state index is 5.70. The highest BCUT2D eigenvalue weighted by Gasteiger charge is 2.03. The highest BCUT2D eigenvalue weighted by molar-refractivity contribution is 5.85. The van der Waals surface area contributed by atoms with Crippen LogP contribution in [-0.2, 0) is 6.54 Å². The van der Waals surface area contributed by atoms with Crippen LogP contribution >= 0.6 is 0 Å². The van der Waals surface area contributed by atoms with Crippen molar-refractivity contribution in [2.75, 3.05) is 5.73 Å². The number of nitrogens with zero attached hydrogens (tertiary/aromatic N) is 3. The first kappa shape index (κ1) is 8.04. The molecule has 0 aromatic carbocycles. The summed E-state index contributed by atoms with van der Waals surface area (Å²) in [4.78, 5) is 8.13. The number of hydrogen-bond donors (Lipinski definition) is 1. The van der Waals surface area contributed by atoms with Crippen LogP contribution in [0.2, 0.25) is 0 Å². The van der Waals surface area contributed by atoms with Crippen molar-refractivity contribution < 1.29 is 0 Å². The van der Waals surface area contributed by atoms with Crippen molar-refractivity contribution in [2.24, 2.45) is 0 Å².